The van der Waals surface area contributed by atoms with Crippen LogP contribution in [-0.2, 0) is 4.74 Å². The molecule has 0 aliphatic carbocycles. The zero-order valence-corrected chi connectivity index (χ0v) is 15.2. The van der Waals surface area contributed by atoms with Crippen LogP contribution in [0.25, 0.3) is 11.1 Å². The van der Waals surface area contributed by atoms with Gasteiger partial charge in [-0.05, 0) is 48.2 Å². The van der Waals surface area contributed by atoms with Gasteiger partial charge in [0.25, 0.3) is 5.91 Å². The van der Waals surface area contributed by atoms with Crippen molar-refractivity contribution in [2.45, 2.75) is 18.9 Å². The number of hydrogen-bond donors (Lipinski definition) is 0. The predicted molar refractivity (Wildman–Crippen MR) is 102 cm³/mol. The van der Waals surface area contributed by atoms with E-state index < -0.39 is 0 Å². The van der Waals surface area contributed by atoms with Crippen molar-refractivity contribution < 1.29 is 9.53 Å². The molecule has 1 aliphatic rings. The van der Waals surface area contributed by atoms with Gasteiger partial charge in [0.05, 0.1) is 6.10 Å². The van der Waals surface area contributed by atoms with Crippen LogP contribution in [0.15, 0.2) is 48.5 Å². The molecule has 3 rings (SSSR count). The molecule has 0 spiro atoms. The summed E-state index contributed by atoms with van der Waals surface area (Å²) >= 11 is 0. The van der Waals surface area contributed by atoms with Gasteiger partial charge in [0, 0.05) is 45.5 Å². The first kappa shape index (κ1) is 17.5. The van der Waals surface area contributed by atoms with Gasteiger partial charge < -0.3 is 14.5 Å². The molecular weight excluding hydrogens is 312 g/mol. The van der Waals surface area contributed by atoms with Gasteiger partial charge in [0.15, 0.2) is 0 Å². The van der Waals surface area contributed by atoms with Crippen molar-refractivity contribution in [1.29, 1.82) is 0 Å². The third-order valence-corrected chi connectivity index (χ3v) is 4.83. The number of carbonyl (C=O) groups is 1. The first-order valence-corrected chi connectivity index (χ1v) is 8.78. The second-order valence-corrected chi connectivity index (χ2v) is 6.77. The lowest BCUT2D eigenvalue weighted by Gasteiger charge is -2.32. The monoisotopic (exact) mass is 338 g/mol. The third-order valence-electron chi connectivity index (χ3n) is 4.83. The standard InChI is InChI=1S/C21H26N2O2/c1-22(2)19-7-4-6-18(14-19)16-9-11-17(12-10-16)21(24)23-13-5-8-20(15-23)25-3/h4,6-7,9-12,14,20H,5,8,13,15H2,1-3H3/t20-/m1/s1. The van der Waals surface area contributed by atoms with Gasteiger partial charge in [-0.3, -0.25) is 4.79 Å². The first-order chi connectivity index (χ1) is 12.1. The van der Waals surface area contributed by atoms with Crippen molar-refractivity contribution >= 4 is 11.6 Å². The van der Waals surface area contributed by atoms with Crippen LogP contribution < -0.4 is 4.90 Å². The van der Waals surface area contributed by atoms with Gasteiger partial charge in [-0.25, -0.2) is 0 Å². The summed E-state index contributed by atoms with van der Waals surface area (Å²) in [6.07, 6.45) is 2.19. The van der Waals surface area contributed by atoms with E-state index in [1.807, 2.05) is 43.3 Å². The number of rotatable bonds is 4. The molecule has 1 fully saturated rings. The highest BCUT2D eigenvalue weighted by atomic mass is 16.5. The van der Waals surface area contributed by atoms with Crippen LogP contribution >= 0.6 is 0 Å². The van der Waals surface area contributed by atoms with Gasteiger partial charge in [0.2, 0.25) is 0 Å². The Morgan fingerprint density at radius 1 is 1.12 bits per heavy atom. The average molecular weight is 338 g/mol. The minimum Gasteiger partial charge on any atom is -0.380 e. The van der Waals surface area contributed by atoms with Crippen LogP contribution in [-0.4, -0.2) is 51.2 Å². The molecule has 1 saturated heterocycles. The number of carbonyl (C=O) groups excluding carboxylic acids is 1. The highest BCUT2D eigenvalue weighted by Gasteiger charge is 2.24. The molecule has 1 atom stereocenters. The van der Waals surface area contributed by atoms with Crippen LogP contribution in [0.3, 0.4) is 0 Å². The summed E-state index contributed by atoms with van der Waals surface area (Å²) < 4.78 is 5.42. The van der Waals surface area contributed by atoms with Crippen molar-refractivity contribution in [1.82, 2.24) is 4.90 Å². The van der Waals surface area contributed by atoms with Gasteiger partial charge in [-0.2, -0.15) is 0 Å². The zero-order chi connectivity index (χ0) is 17.8. The van der Waals surface area contributed by atoms with Gasteiger partial charge in [-0.15, -0.1) is 0 Å². The number of nitrogens with zero attached hydrogens (tertiary/aromatic N) is 2. The molecule has 1 amide bonds. The lowest BCUT2D eigenvalue weighted by atomic mass is 10.0. The van der Waals surface area contributed by atoms with Crippen LogP contribution in [0.5, 0.6) is 0 Å². The highest BCUT2D eigenvalue weighted by molar-refractivity contribution is 5.94. The van der Waals surface area contributed by atoms with Crippen molar-refractivity contribution in [2.75, 3.05) is 39.2 Å². The van der Waals surface area contributed by atoms with E-state index >= 15 is 0 Å². The Balaban J connectivity index is 1.76. The smallest absolute Gasteiger partial charge is 0.253 e. The Bertz CT molecular complexity index is 725. The van der Waals surface area contributed by atoms with Crippen molar-refractivity contribution in [3.05, 3.63) is 54.1 Å². The van der Waals surface area contributed by atoms with E-state index in [1.54, 1.807) is 7.11 Å². The maximum Gasteiger partial charge on any atom is 0.253 e. The van der Waals surface area contributed by atoms with E-state index in [0.717, 1.165) is 41.8 Å². The third kappa shape index (κ3) is 4.02. The van der Waals surface area contributed by atoms with Crippen molar-refractivity contribution in [3.8, 4) is 11.1 Å². The molecule has 4 heteroatoms. The number of benzene rings is 2. The number of likely N-dealkylation sites (tertiary alicyclic amines) is 1. The molecule has 0 bridgehead atoms. The fourth-order valence-corrected chi connectivity index (χ4v) is 3.27. The van der Waals surface area contributed by atoms with Gasteiger partial charge >= 0.3 is 0 Å². The summed E-state index contributed by atoms with van der Waals surface area (Å²) in [5, 5.41) is 0. The zero-order valence-electron chi connectivity index (χ0n) is 15.2. The van der Waals surface area contributed by atoms with Gasteiger partial charge in [0.1, 0.15) is 0 Å². The molecule has 0 radical (unpaired) electrons. The Labute approximate surface area is 150 Å². The molecule has 2 aromatic carbocycles. The first-order valence-electron chi connectivity index (χ1n) is 8.78. The minimum absolute atomic E-state index is 0.0929. The van der Waals surface area contributed by atoms with Crippen LogP contribution in [0.4, 0.5) is 5.69 Å². The SMILES string of the molecule is CO[C@@H]1CCCN(C(=O)c2ccc(-c3cccc(N(C)C)c3)cc2)C1. The Kier molecular flexibility index (Phi) is 5.39. The second-order valence-electron chi connectivity index (χ2n) is 6.77. The van der Waals surface area contributed by atoms with Gasteiger partial charge in [-0.1, -0.05) is 24.3 Å². The molecule has 0 N–H and O–H groups in total. The van der Waals surface area contributed by atoms with E-state index in [2.05, 4.69) is 29.2 Å². The number of anilines is 1. The summed E-state index contributed by atoms with van der Waals surface area (Å²) in [6.45, 7) is 1.49. The fraction of sp³-hybridized carbons (Fsp3) is 0.381. The number of amides is 1. The Hall–Kier alpha value is -2.33. The molecule has 1 aliphatic heterocycles. The molecule has 25 heavy (non-hydrogen) atoms. The molecule has 2 aromatic rings. The minimum atomic E-state index is 0.0929. The van der Waals surface area contributed by atoms with Crippen molar-refractivity contribution in [3.63, 3.8) is 0 Å². The Morgan fingerprint density at radius 2 is 1.88 bits per heavy atom. The molecule has 0 saturated carbocycles. The maximum absolute atomic E-state index is 12.7. The normalized spacial score (nSPS) is 17.4. The topological polar surface area (TPSA) is 32.8 Å². The molecule has 4 nitrogen and oxygen atoms in total. The molecule has 0 unspecified atom stereocenters. The molecule has 0 aromatic heterocycles. The number of hydrogen-bond acceptors (Lipinski definition) is 3. The van der Waals surface area contributed by atoms with E-state index in [-0.39, 0.29) is 12.0 Å². The summed E-state index contributed by atoms with van der Waals surface area (Å²) in [4.78, 5) is 16.7. The predicted octanol–water partition coefficient (Wildman–Crippen LogP) is 3.67. The molecule has 1 heterocycles. The molecular formula is C21H26N2O2. The van der Waals surface area contributed by atoms with E-state index in [4.69, 9.17) is 4.74 Å². The van der Waals surface area contributed by atoms with Crippen LogP contribution in [0.2, 0.25) is 0 Å². The Morgan fingerprint density at radius 3 is 2.56 bits per heavy atom. The second kappa shape index (κ2) is 7.70. The lowest BCUT2D eigenvalue weighted by Crippen LogP contribution is -2.42. The summed E-state index contributed by atoms with van der Waals surface area (Å²) in [5.74, 6) is 0.0929. The van der Waals surface area contributed by atoms with E-state index in [1.165, 1.54) is 0 Å². The number of ether oxygens (including phenoxy) is 1. The van der Waals surface area contributed by atoms with Crippen molar-refractivity contribution in [2.24, 2.45) is 0 Å². The summed E-state index contributed by atoms with van der Waals surface area (Å²) in [7, 11) is 5.79. The largest absolute Gasteiger partial charge is 0.380 e. The van der Waals surface area contributed by atoms with E-state index in [9.17, 15) is 4.79 Å². The lowest BCUT2D eigenvalue weighted by molar-refractivity contribution is 0.0269. The van der Waals surface area contributed by atoms with E-state index in [0.29, 0.717) is 6.54 Å². The highest BCUT2D eigenvalue weighted by Crippen LogP contribution is 2.25. The molecule has 132 valence electrons. The van der Waals surface area contributed by atoms with Crippen LogP contribution in [0.1, 0.15) is 23.2 Å². The maximum atomic E-state index is 12.7. The summed E-state index contributed by atoms with van der Waals surface area (Å²) in [5.41, 5.74) is 4.18. The van der Waals surface area contributed by atoms with Crippen LogP contribution in [0, 0.1) is 0 Å². The quantitative estimate of drug-likeness (QED) is 0.853. The average Bonchev–Trinajstić information content (AvgIpc) is 2.67. The number of methoxy groups -OCH3 is 1. The number of piperidine rings is 1. The fourth-order valence-electron chi connectivity index (χ4n) is 3.27. The summed E-state index contributed by atoms with van der Waals surface area (Å²) in [6, 6.07) is 16.3.